The largest absolute Gasteiger partial charge is 0.455 e. The summed E-state index contributed by atoms with van der Waals surface area (Å²) in [6, 6.07) is 0. The molecule has 1 unspecified atom stereocenters. The lowest BCUT2D eigenvalue weighted by Gasteiger charge is -2.24. The van der Waals surface area contributed by atoms with Crippen molar-refractivity contribution < 1.29 is 38.9 Å². The van der Waals surface area contributed by atoms with Gasteiger partial charge in [-0.25, -0.2) is 18.1 Å². The van der Waals surface area contributed by atoms with Gasteiger partial charge in [-0.2, -0.15) is 26.0 Å². The van der Waals surface area contributed by atoms with Crippen molar-refractivity contribution in [3.05, 3.63) is 0 Å². The lowest BCUT2D eigenvalue weighted by atomic mass is 10.3. The van der Waals surface area contributed by atoms with Crippen LogP contribution in [0.15, 0.2) is 0 Å². The summed E-state index contributed by atoms with van der Waals surface area (Å²) in [5.74, 6) is -5.62. The monoisotopic (exact) mass is 247 g/mol. The zero-order chi connectivity index (χ0) is 11.8. The Hall–Kier alpha value is -0.550. The van der Waals surface area contributed by atoms with Gasteiger partial charge in [-0.3, -0.25) is 0 Å². The zero-order valence-corrected chi connectivity index (χ0v) is 6.87. The van der Waals surface area contributed by atoms with E-state index in [9.17, 15) is 34.8 Å². The first-order valence-corrected chi connectivity index (χ1v) is 4.14. The Bertz CT molecular complexity index is 298. The van der Waals surface area contributed by atoms with Crippen molar-refractivity contribution >= 4 is 10.3 Å². The highest BCUT2D eigenvalue weighted by atomic mass is 32.2. The van der Waals surface area contributed by atoms with Gasteiger partial charge < -0.3 is 0 Å². The predicted octanol–water partition coefficient (Wildman–Crippen LogP) is 0.700. The molecule has 0 saturated carbocycles. The second-order valence-electron chi connectivity index (χ2n) is 2.02. The first-order chi connectivity index (χ1) is 5.90. The summed E-state index contributed by atoms with van der Waals surface area (Å²) < 4.78 is 92.5. The number of hydrogen-bond donors (Lipinski definition) is 1. The average Bonchev–Trinajstić information content (AvgIpc) is 1.79. The van der Waals surface area contributed by atoms with Gasteiger partial charge in [-0.15, -0.1) is 0 Å². The van der Waals surface area contributed by atoms with Crippen molar-refractivity contribution in [3.8, 4) is 0 Å². The molecule has 0 amide bonds. The van der Waals surface area contributed by atoms with Gasteiger partial charge in [0.1, 0.15) is 0 Å². The van der Waals surface area contributed by atoms with Crippen LogP contribution in [0.25, 0.3) is 0 Å². The van der Waals surface area contributed by atoms with Crippen LogP contribution < -0.4 is 5.14 Å². The van der Waals surface area contributed by atoms with Gasteiger partial charge >= 0.3 is 28.8 Å². The fourth-order valence-electron chi connectivity index (χ4n) is 0.376. The Kier molecular flexibility index (Phi) is 3.41. The lowest BCUT2D eigenvalue weighted by molar-refractivity contribution is -0.339. The standard InChI is InChI=1S/C3H3F6NO3S/c4-1(5)2(6,3(7,8)9)13-14(10,11)12/h1H,(H2,10,11,12). The van der Waals surface area contributed by atoms with Gasteiger partial charge in [0.25, 0.3) is 0 Å². The van der Waals surface area contributed by atoms with Gasteiger partial charge in [-0.1, -0.05) is 0 Å². The average molecular weight is 247 g/mol. The Balaban J connectivity index is 5.14. The van der Waals surface area contributed by atoms with Gasteiger partial charge in [-0.05, 0) is 0 Å². The predicted molar refractivity (Wildman–Crippen MR) is 30.1 cm³/mol. The second-order valence-corrected chi connectivity index (χ2v) is 3.17. The number of rotatable bonds is 3. The van der Waals surface area contributed by atoms with Crippen molar-refractivity contribution in [3.63, 3.8) is 0 Å². The number of alkyl halides is 6. The van der Waals surface area contributed by atoms with E-state index >= 15 is 0 Å². The quantitative estimate of drug-likeness (QED) is 0.746. The summed E-state index contributed by atoms with van der Waals surface area (Å²) in [6.45, 7) is 0. The molecule has 0 fully saturated rings. The minimum atomic E-state index is -6.21. The van der Waals surface area contributed by atoms with Crippen LogP contribution in [0.5, 0.6) is 0 Å². The Labute approximate surface area is 73.9 Å². The fraction of sp³-hybridized carbons (Fsp3) is 1.00. The summed E-state index contributed by atoms with van der Waals surface area (Å²) >= 11 is 0. The van der Waals surface area contributed by atoms with Crippen LogP contribution in [0, 0.1) is 0 Å². The highest BCUT2D eigenvalue weighted by Crippen LogP contribution is 2.40. The normalized spacial score (nSPS) is 18.3. The number of nitrogens with two attached hydrogens (primary N) is 1. The van der Waals surface area contributed by atoms with Crippen LogP contribution in [-0.2, 0) is 14.5 Å². The molecule has 0 aromatic carbocycles. The molecule has 0 heterocycles. The fourth-order valence-corrected chi connectivity index (χ4v) is 0.882. The van der Waals surface area contributed by atoms with Crippen molar-refractivity contribution in [1.82, 2.24) is 0 Å². The molecule has 0 aromatic heterocycles. The van der Waals surface area contributed by atoms with E-state index in [1.54, 1.807) is 0 Å². The molecule has 0 bridgehead atoms. The Morgan fingerprint density at radius 1 is 1.14 bits per heavy atom. The van der Waals surface area contributed by atoms with Gasteiger partial charge in [0.2, 0.25) is 0 Å². The molecule has 14 heavy (non-hydrogen) atoms. The summed E-state index contributed by atoms with van der Waals surface area (Å²) in [4.78, 5) is 0. The summed E-state index contributed by atoms with van der Waals surface area (Å²) in [5, 5.41) is 3.83. The van der Waals surface area contributed by atoms with Crippen LogP contribution in [0.1, 0.15) is 0 Å². The minimum Gasteiger partial charge on any atom is -0.205 e. The maximum Gasteiger partial charge on any atom is 0.455 e. The van der Waals surface area contributed by atoms with Crippen molar-refractivity contribution in [2.45, 2.75) is 18.5 Å². The highest BCUT2D eigenvalue weighted by Gasteiger charge is 2.66. The third-order valence-electron chi connectivity index (χ3n) is 0.905. The second kappa shape index (κ2) is 3.55. The van der Waals surface area contributed by atoms with Crippen molar-refractivity contribution in [2.24, 2.45) is 5.14 Å². The molecule has 1 atom stereocenters. The van der Waals surface area contributed by atoms with Crippen LogP contribution in [0.4, 0.5) is 26.3 Å². The van der Waals surface area contributed by atoms with Crippen LogP contribution in [-0.4, -0.2) is 26.9 Å². The molecular formula is C3H3F6NO3S. The molecule has 0 aliphatic rings. The van der Waals surface area contributed by atoms with Crippen LogP contribution >= 0.6 is 0 Å². The first-order valence-electron chi connectivity index (χ1n) is 2.67. The SMILES string of the molecule is NS(=O)(=O)OC(F)(C(F)F)C(F)(F)F. The number of halogens is 6. The van der Waals surface area contributed by atoms with Crippen molar-refractivity contribution in [1.29, 1.82) is 0 Å². The third-order valence-corrected chi connectivity index (χ3v) is 1.38. The maximum atomic E-state index is 12.4. The molecule has 11 heteroatoms. The Morgan fingerprint density at radius 3 is 1.57 bits per heavy atom. The molecule has 4 nitrogen and oxygen atoms in total. The van der Waals surface area contributed by atoms with Crippen LogP contribution in [0.2, 0.25) is 0 Å². The molecule has 0 aliphatic heterocycles. The molecule has 0 saturated heterocycles. The van der Waals surface area contributed by atoms with E-state index in [4.69, 9.17) is 0 Å². The van der Waals surface area contributed by atoms with E-state index in [0.717, 1.165) is 0 Å². The smallest absolute Gasteiger partial charge is 0.205 e. The topological polar surface area (TPSA) is 69.4 Å². The molecular weight excluding hydrogens is 244 g/mol. The molecule has 0 rings (SSSR count). The molecule has 2 N–H and O–H groups in total. The number of hydrogen-bond acceptors (Lipinski definition) is 3. The van der Waals surface area contributed by atoms with E-state index in [-0.39, 0.29) is 0 Å². The van der Waals surface area contributed by atoms with E-state index in [2.05, 4.69) is 9.32 Å². The van der Waals surface area contributed by atoms with Crippen molar-refractivity contribution in [2.75, 3.05) is 0 Å². The lowest BCUT2D eigenvalue weighted by Crippen LogP contribution is -2.51. The Morgan fingerprint density at radius 2 is 1.50 bits per heavy atom. The minimum absolute atomic E-state index is 2.46. The van der Waals surface area contributed by atoms with Gasteiger partial charge in [0, 0.05) is 0 Å². The highest BCUT2D eigenvalue weighted by molar-refractivity contribution is 7.84. The molecule has 0 spiro atoms. The molecule has 86 valence electrons. The first kappa shape index (κ1) is 13.4. The third kappa shape index (κ3) is 2.99. The molecule has 0 aromatic rings. The summed E-state index contributed by atoms with van der Waals surface area (Å²) in [5.41, 5.74) is 0. The maximum absolute atomic E-state index is 12.4. The van der Waals surface area contributed by atoms with Gasteiger partial charge in [0.05, 0.1) is 0 Å². The van der Waals surface area contributed by atoms with E-state index in [0.29, 0.717) is 0 Å². The summed E-state index contributed by atoms with van der Waals surface area (Å²) in [7, 11) is -5.48. The van der Waals surface area contributed by atoms with Gasteiger partial charge in [0.15, 0.2) is 0 Å². The molecule has 0 radical (unpaired) electrons. The molecule has 0 aliphatic carbocycles. The van der Waals surface area contributed by atoms with E-state index in [1.165, 1.54) is 0 Å². The van der Waals surface area contributed by atoms with Crippen LogP contribution in [0.3, 0.4) is 0 Å². The van der Waals surface area contributed by atoms with E-state index < -0.39 is 28.8 Å². The zero-order valence-electron chi connectivity index (χ0n) is 6.06. The summed E-state index contributed by atoms with van der Waals surface area (Å²) in [6.07, 6.45) is -11.0. The van der Waals surface area contributed by atoms with E-state index in [1.807, 2.05) is 0 Å².